The van der Waals surface area contributed by atoms with Crippen LogP contribution in [0.15, 0.2) is 17.8 Å². The predicted molar refractivity (Wildman–Crippen MR) is 64.6 cm³/mol. The Kier molecular flexibility index (Phi) is 3.00. The van der Waals surface area contributed by atoms with E-state index in [1.54, 1.807) is 30.3 Å². The van der Waals surface area contributed by atoms with E-state index < -0.39 is 0 Å². The predicted octanol–water partition coefficient (Wildman–Crippen LogP) is 1.19. The molecule has 0 saturated heterocycles. The number of carbonyl (C=O) groups excluding carboxylic acids is 1. The van der Waals surface area contributed by atoms with E-state index in [2.05, 4.69) is 15.3 Å². The number of thiophene rings is 1. The molecule has 2 heterocycles. The average molecular weight is 236 g/mol. The van der Waals surface area contributed by atoms with Crippen LogP contribution in [0.1, 0.15) is 0 Å². The standard InChI is InChI=1S/C10H12N4OS/c1-14(2)8(15)5-11-9-7-3-4-16-10(7)13-6-12-9/h3-4,6H,5H2,1-2H3,(H,11,12,13). The normalized spacial score (nSPS) is 10.4. The number of amides is 1. The molecule has 2 aromatic heterocycles. The number of hydrogen-bond donors (Lipinski definition) is 1. The molecule has 0 atom stereocenters. The first kappa shape index (κ1) is 10.8. The van der Waals surface area contributed by atoms with Crippen molar-refractivity contribution >= 4 is 33.3 Å². The van der Waals surface area contributed by atoms with Crippen LogP contribution in [0.4, 0.5) is 5.82 Å². The third kappa shape index (κ3) is 2.11. The molecule has 0 aromatic carbocycles. The molecule has 1 amide bonds. The minimum absolute atomic E-state index is 0.0157. The molecule has 0 aliphatic carbocycles. The zero-order valence-electron chi connectivity index (χ0n) is 9.10. The summed E-state index contributed by atoms with van der Waals surface area (Å²) >= 11 is 1.56. The molecule has 1 N–H and O–H groups in total. The zero-order chi connectivity index (χ0) is 11.5. The molecule has 6 heteroatoms. The minimum Gasteiger partial charge on any atom is -0.360 e. The second-order valence-electron chi connectivity index (χ2n) is 3.50. The zero-order valence-corrected chi connectivity index (χ0v) is 9.91. The Morgan fingerprint density at radius 3 is 3.06 bits per heavy atom. The lowest BCUT2D eigenvalue weighted by Gasteiger charge is -2.11. The summed E-state index contributed by atoms with van der Waals surface area (Å²) in [5.74, 6) is 0.725. The van der Waals surface area contributed by atoms with Crippen molar-refractivity contribution in [3.63, 3.8) is 0 Å². The van der Waals surface area contributed by atoms with Gasteiger partial charge in [0.25, 0.3) is 0 Å². The average Bonchev–Trinajstić information content (AvgIpc) is 2.73. The van der Waals surface area contributed by atoms with Gasteiger partial charge in [-0.05, 0) is 11.4 Å². The summed E-state index contributed by atoms with van der Waals surface area (Å²) in [7, 11) is 3.45. The van der Waals surface area contributed by atoms with Crippen molar-refractivity contribution in [2.45, 2.75) is 0 Å². The van der Waals surface area contributed by atoms with Gasteiger partial charge in [-0.1, -0.05) is 0 Å². The summed E-state index contributed by atoms with van der Waals surface area (Å²) in [6, 6.07) is 1.95. The van der Waals surface area contributed by atoms with Crippen molar-refractivity contribution in [3.05, 3.63) is 17.8 Å². The van der Waals surface area contributed by atoms with E-state index >= 15 is 0 Å². The van der Waals surface area contributed by atoms with Gasteiger partial charge < -0.3 is 10.2 Å². The maximum atomic E-state index is 11.4. The van der Waals surface area contributed by atoms with Gasteiger partial charge in [-0.3, -0.25) is 4.79 Å². The lowest BCUT2D eigenvalue weighted by Crippen LogP contribution is -2.28. The molecule has 5 nitrogen and oxygen atoms in total. The Labute approximate surface area is 97.1 Å². The van der Waals surface area contributed by atoms with Crippen molar-refractivity contribution in [3.8, 4) is 0 Å². The number of carbonyl (C=O) groups is 1. The topological polar surface area (TPSA) is 58.1 Å². The highest BCUT2D eigenvalue weighted by atomic mass is 32.1. The number of anilines is 1. The van der Waals surface area contributed by atoms with Gasteiger partial charge in [0.15, 0.2) is 0 Å². The summed E-state index contributed by atoms with van der Waals surface area (Å²) < 4.78 is 0. The molecule has 0 aliphatic rings. The summed E-state index contributed by atoms with van der Waals surface area (Å²) in [5, 5.41) is 5.93. The molecular formula is C10H12N4OS. The highest BCUT2D eigenvalue weighted by Crippen LogP contribution is 2.23. The molecule has 0 unspecified atom stereocenters. The SMILES string of the molecule is CN(C)C(=O)CNc1ncnc2sccc12. The van der Waals surface area contributed by atoms with E-state index in [4.69, 9.17) is 0 Å². The Bertz CT molecular complexity index is 508. The van der Waals surface area contributed by atoms with E-state index in [0.29, 0.717) is 5.82 Å². The summed E-state index contributed by atoms with van der Waals surface area (Å²) in [6.07, 6.45) is 1.50. The van der Waals surface area contributed by atoms with Gasteiger partial charge in [0.05, 0.1) is 11.9 Å². The number of nitrogens with zero attached hydrogens (tertiary/aromatic N) is 3. The number of fused-ring (bicyclic) bond motifs is 1. The number of likely N-dealkylation sites (N-methyl/N-ethyl adjacent to an activating group) is 1. The van der Waals surface area contributed by atoms with Gasteiger partial charge in [0.2, 0.25) is 5.91 Å². The van der Waals surface area contributed by atoms with E-state index in [1.165, 1.54) is 6.33 Å². The van der Waals surface area contributed by atoms with Gasteiger partial charge >= 0.3 is 0 Å². The van der Waals surface area contributed by atoms with Crippen LogP contribution in [-0.4, -0.2) is 41.4 Å². The fourth-order valence-corrected chi connectivity index (χ4v) is 1.98. The highest BCUT2D eigenvalue weighted by molar-refractivity contribution is 7.16. The molecule has 2 aromatic rings. The van der Waals surface area contributed by atoms with E-state index in [-0.39, 0.29) is 12.5 Å². The van der Waals surface area contributed by atoms with Gasteiger partial charge in [0.1, 0.15) is 17.0 Å². The van der Waals surface area contributed by atoms with Gasteiger partial charge in [-0.25, -0.2) is 9.97 Å². The molecule has 0 spiro atoms. The number of nitrogens with one attached hydrogen (secondary N) is 1. The summed E-state index contributed by atoms with van der Waals surface area (Å²) in [5.41, 5.74) is 0. The van der Waals surface area contributed by atoms with Gasteiger partial charge in [0, 0.05) is 14.1 Å². The maximum Gasteiger partial charge on any atom is 0.241 e. The van der Waals surface area contributed by atoms with Crippen LogP contribution < -0.4 is 5.32 Å². The van der Waals surface area contributed by atoms with E-state index in [1.807, 2.05) is 11.4 Å². The largest absolute Gasteiger partial charge is 0.360 e. The second kappa shape index (κ2) is 4.44. The lowest BCUT2D eigenvalue weighted by atomic mass is 10.4. The third-order valence-electron chi connectivity index (χ3n) is 2.17. The highest BCUT2D eigenvalue weighted by Gasteiger charge is 2.07. The van der Waals surface area contributed by atoms with Crippen LogP contribution in [-0.2, 0) is 4.79 Å². The quantitative estimate of drug-likeness (QED) is 0.869. The van der Waals surface area contributed by atoms with Gasteiger partial charge in [-0.2, -0.15) is 0 Å². The molecule has 0 bridgehead atoms. The van der Waals surface area contributed by atoms with E-state index in [0.717, 1.165) is 10.2 Å². The van der Waals surface area contributed by atoms with Crippen molar-refractivity contribution in [2.24, 2.45) is 0 Å². The molecule has 16 heavy (non-hydrogen) atoms. The fourth-order valence-electron chi connectivity index (χ4n) is 1.25. The Balaban J connectivity index is 2.15. The fraction of sp³-hybridized carbons (Fsp3) is 0.300. The molecule has 2 rings (SSSR count). The Morgan fingerprint density at radius 2 is 2.31 bits per heavy atom. The van der Waals surface area contributed by atoms with Crippen molar-refractivity contribution < 1.29 is 4.79 Å². The Morgan fingerprint density at radius 1 is 1.50 bits per heavy atom. The van der Waals surface area contributed by atoms with E-state index in [9.17, 15) is 4.79 Å². The molecule has 0 aliphatic heterocycles. The molecular weight excluding hydrogens is 224 g/mol. The molecule has 0 fully saturated rings. The first-order valence-electron chi connectivity index (χ1n) is 4.80. The van der Waals surface area contributed by atoms with Crippen molar-refractivity contribution in [2.75, 3.05) is 26.0 Å². The molecule has 0 radical (unpaired) electrons. The number of rotatable bonds is 3. The van der Waals surface area contributed by atoms with Crippen LogP contribution in [0, 0.1) is 0 Å². The third-order valence-corrected chi connectivity index (χ3v) is 2.99. The van der Waals surface area contributed by atoms with Crippen LogP contribution in [0.2, 0.25) is 0 Å². The van der Waals surface area contributed by atoms with Crippen molar-refractivity contribution in [1.29, 1.82) is 0 Å². The maximum absolute atomic E-state index is 11.4. The van der Waals surface area contributed by atoms with Crippen LogP contribution >= 0.6 is 11.3 Å². The molecule has 0 saturated carbocycles. The second-order valence-corrected chi connectivity index (χ2v) is 4.40. The molecule has 84 valence electrons. The summed E-state index contributed by atoms with van der Waals surface area (Å²) in [4.78, 5) is 22.1. The lowest BCUT2D eigenvalue weighted by molar-refractivity contribution is -0.126. The summed E-state index contributed by atoms with van der Waals surface area (Å²) in [6.45, 7) is 0.245. The monoisotopic (exact) mass is 236 g/mol. The first-order valence-corrected chi connectivity index (χ1v) is 5.68. The number of hydrogen-bond acceptors (Lipinski definition) is 5. The van der Waals surface area contributed by atoms with Crippen molar-refractivity contribution in [1.82, 2.24) is 14.9 Å². The minimum atomic E-state index is 0.0157. The van der Waals surface area contributed by atoms with Crippen LogP contribution in [0.5, 0.6) is 0 Å². The Hall–Kier alpha value is -1.69. The van der Waals surface area contributed by atoms with Gasteiger partial charge in [-0.15, -0.1) is 11.3 Å². The van der Waals surface area contributed by atoms with Crippen LogP contribution in [0.25, 0.3) is 10.2 Å². The number of aromatic nitrogens is 2. The smallest absolute Gasteiger partial charge is 0.241 e. The van der Waals surface area contributed by atoms with Crippen LogP contribution in [0.3, 0.4) is 0 Å². The first-order chi connectivity index (χ1) is 7.68.